The Morgan fingerprint density at radius 3 is 2.22 bits per heavy atom. The molecule has 0 aliphatic carbocycles. The standard InChI is InChI=1S/C22H23FN4/c1-2-26-12-14-27(15-13-26)21-16-20(17-8-10-19(23)11-9-17)24-22(25-21)18-6-4-3-5-7-18/h3-11,16H,2,12-15H2,1H3. The number of rotatable bonds is 4. The summed E-state index contributed by atoms with van der Waals surface area (Å²) in [4.78, 5) is 14.4. The summed E-state index contributed by atoms with van der Waals surface area (Å²) >= 11 is 0. The Bertz CT molecular complexity index is 888. The van der Waals surface area contributed by atoms with Crippen LogP contribution in [0.2, 0.25) is 0 Å². The maximum atomic E-state index is 13.3. The van der Waals surface area contributed by atoms with Crippen LogP contribution in [-0.2, 0) is 0 Å². The molecule has 138 valence electrons. The summed E-state index contributed by atoms with van der Waals surface area (Å²) in [6, 6.07) is 18.5. The predicted molar refractivity (Wildman–Crippen MR) is 107 cm³/mol. The highest BCUT2D eigenvalue weighted by atomic mass is 19.1. The Labute approximate surface area is 159 Å². The Morgan fingerprint density at radius 2 is 1.56 bits per heavy atom. The van der Waals surface area contributed by atoms with Crippen molar-refractivity contribution in [2.24, 2.45) is 0 Å². The van der Waals surface area contributed by atoms with Crippen molar-refractivity contribution in [1.29, 1.82) is 0 Å². The van der Waals surface area contributed by atoms with Gasteiger partial charge in [-0.3, -0.25) is 0 Å². The van der Waals surface area contributed by atoms with E-state index in [1.54, 1.807) is 12.1 Å². The molecule has 0 radical (unpaired) electrons. The van der Waals surface area contributed by atoms with E-state index in [1.165, 1.54) is 12.1 Å². The molecular formula is C22H23FN4. The van der Waals surface area contributed by atoms with Gasteiger partial charge in [-0.2, -0.15) is 0 Å². The van der Waals surface area contributed by atoms with Crippen molar-refractivity contribution < 1.29 is 4.39 Å². The molecule has 2 aromatic carbocycles. The third-order valence-corrected chi connectivity index (χ3v) is 5.03. The minimum Gasteiger partial charge on any atom is -0.354 e. The molecule has 0 atom stereocenters. The Morgan fingerprint density at radius 1 is 0.852 bits per heavy atom. The zero-order valence-electron chi connectivity index (χ0n) is 15.5. The molecular weight excluding hydrogens is 339 g/mol. The number of piperazine rings is 1. The van der Waals surface area contributed by atoms with Crippen molar-refractivity contribution in [2.75, 3.05) is 37.6 Å². The fourth-order valence-corrected chi connectivity index (χ4v) is 3.37. The maximum absolute atomic E-state index is 13.3. The van der Waals surface area contributed by atoms with Crippen molar-refractivity contribution in [2.45, 2.75) is 6.92 Å². The number of halogens is 1. The van der Waals surface area contributed by atoms with Crippen LogP contribution >= 0.6 is 0 Å². The zero-order chi connectivity index (χ0) is 18.6. The fourth-order valence-electron chi connectivity index (χ4n) is 3.37. The summed E-state index contributed by atoms with van der Waals surface area (Å²) < 4.78 is 13.3. The molecule has 4 nitrogen and oxygen atoms in total. The number of likely N-dealkylation sites (N-methyl/N-ethyl adjacent to an activating group) is 1. The van der Waals surface area contributed by atoms with Gasteiger partial charge < -0.3 is 9.80 Å². The lowest BCUT2D eigenvalue weighted by atomic mass is 10.1. The van der Waals surface area contributed by atoms with Crippen molar-refractivity contribution in [3.05, 3.63) is 66.5 Å². The van der Waals surface area contributed by atoms with Crippen LogP contribution in [0.15, 0.2) is 60.7 Å². The van der Waals surface area contributed by atoms with E-state index in [2.05, 4.69) is 16.7 Å². The minimum absolute atomic E-state index is 0.244. The van der Waals surface area contributed by atoms with Gasteiger partial charge in [0.15, 0.2) is 5.82 Å². The molecule has 1 aliphatic rings. The van der Waals surface area contributed by atoms with Crippen LogP contribution in [0.1, 0.15) is 6.92 Å². The molecule has 0 saturated carbocycles. The van der Waals surface area contributed by atoms with Gasteiger partial charge in [-0.05, 0) is 30.8 Å². The summed E-state index contributed by atoms with van der Waals surface area (Å²) in [5.74, 6) is 1.39. The molecule has 27 heavy (non-hydrogen) atoms. The van der Waals surface area contributed by atoms with Gasteiger partial charge in [0.2, 0.25) is 0 Å². The van der Waals surface area contributed by atoms with E-state index in [-0.39, 0.29) is 5.82 Å². The molecule has 0 N–H and O–H groups in total. The van der Waals surface area contributed by atoms with E-state index in [1.807, 2.05) is 36.4 Å². The fraction of sp³-hybridized carbons (Fsp3) is 0.273. The van der Waals surface area contributed by atoms with Crippen molar-refractivity contribution >= 4 is 5.82 Å². The monoisotopic (exact) mass is 362 g/mol. The van der Waals surface area contributed by atoms with E-state index < -0.39 is 0 Å². The zero-order valence-corrected chi connectivity index (χ0v) is 15.5. The maximum Gasteiger partial charge on any atom is 0.162 e. The number of hydrogen-bond acceptors (Lipinski definition) is 4. The van der Waals surface area contributed by atoms with Crippen LogP contribution < -0.4 is 4.90 Å². The second-order valence-electron chi connectivity index (χ2n) is 6.73. The molecule has 4 rings (SSSR count). The van der Waals surface area contributed by atoms with Gasteiger partial charge in [0.1, 0.15) is 11.6 Å². The quantitative estimate of drug-likeness (QED) is 0.700. The van der Waals surface area contributed by atoms with Crippen molar-refractivity contribution in [1.82, 2.24) is 14.9 Å². The number of nitrogens with zero attached hydrogens (tertiary/aromatic N) is 4. The van der Waals surface area contributed by atoms with Crippen LogP contribution in [0.25, 0.3) is 22.6 Å². The van der Waals surface area contributed by atoms with Crippen molar-refractivity contribution in [3.8, 4) is 22.6 Å². The summed E-state index contributed by atoms with van der Waals surface area (Å²) in [7, 11) is 0. The highest BCUT2D eigenvalue weighted by molar-refractivity contribution is 5.68. The lowest BCUT2D eigenvalue weighted by Crippen LogP contribution is -2.46. The Hall–Kier alpha value is -2.79. The summed E-state index contributed by atoms with van der Waals surface area (Å²) in [6.07, 6.45) is 0. The number of hydrogen-bond donors (Lipinski definition) is 0. The van der Waals surface area contributed by atoms with Gasteiger partial charge in [0.25, 0.3) is 0 Å². The Balaban J connectivity index is 1.74. The van der Waals surface area contributed by atoms with Gasteiger partial charge in [-0.1, -0.05) is 37.3 Å². The second-order valence-corrected chi connectivity index (χ2v) is 6.73. The molecule has 1 aliphatic heterocycles. The average molecular weight is 362 g/mol. The Kier molecular flexibility index (Phi) is 5.12. The van der Waals surface area contributed by atoms with E-state index >= 15 is 0 Å². The van der Waals surface area contributed by atoms with E-state index in [0.29, 0.717) is 5.82 Å². The third-order valence-electron chi connectivity index (χ3n) is 5.03. The van der Waals surface area contributed by atoms with Crippen LogP contribution in [0.5, 0.6) is 0 Å². The van der Waals surface area contributed by atoms with Crippen molar-refractivity contribution in [3.63, 3.8) is 0 Å². The van der Waals surface area contributed by atoms with Crippen LogP contribution in [-0.4, -0.2) is 47.6 Å². The third kappa shape index (κ3) is 3.98. The molecule has 0 unspecified atom stereocenters. The molecule has 0 bridgehead atoms. The smallest absolute Gasteiger partial charge is 0.162 e. The van der Waals surface area contributed by atoms with Crippen LogP contribution in [0.3, 0.4) is 0 Å². The SMILES string of the molecule is CCN1CCN(c2cc(-c3ccc(F)cc3)nc(-c3ccccc3)n2)CC1. The summed E-state index contributed by atoms with van der Waals surface area (Å²) in [5, 5.41) is 0. The largest absolute Gasteiger partial charge is 0.354 e. The van der Waals surface area contributed by atoms with Gasteiger partial charge in [0.05, 0.1) is 5.69 Å². The summed E-state index contributed by atoms with van der Waals surface area (Å²) in [5.41, 5.74) is 2.69. The molecule has 0 spiro atoms. The number of anilines is 1. The summed E-state index contributed by atoms with van der Waals surface area (Å²) in [6.45, 7) is 7.23. The predicted octanol–water partition coefficient (Wildman–Crippen LogP) is 4.09. The lowest BCUT2D eigenvalue weighted by molar-refractivity contribution is 0.270. The molecule has 0 amide bonds. The lowest BCUT2D eigenvalue weighted by Gasteiger charge is -2.35. The highest BCUT2D eigenvalue weighted by Crippen LogP contribution is 2.27. The molecule has 1 aromatic heterocycles. The average Bonchev–Trinajstić information content (AvgIpc) is 2.74. The van der Waals surface area contributed by atoms with E-state index in [0.717, 1.165) is 55.4 Å². The van der Waals surface area contributed by atoms with E-state index in [4.69, 9.17) is 9.97 Å². The van der Waals surface area contributed by atoms with Gasteiger partial charge >= 0.3 is 0 Å². The molecule has 2 heterocycles. The topological polar surface area (TPSA) is 32.3 Å². The highest BCUT2D eigenvalue weighted by Gasteiger charge is 2.19. The first-order valence-corrected chi connectivity index (χ1v) is 9.40. The van der Waals surface area contributed by atoms with Gasteiger partial charge in [-0.15, -0.1) is 0 Å². The molecule has 1 saturated heterocycles. The van der Waals surface area contributed by atoms with E-state index in [9.17, 15) is 4.39 Å². The molecule has 3 aromatic rings. The van der Waals surface area contributed by atoms with Crippen LogP contribution in [0.4, 0.5) is 10.2 Å². The normalized spacial score (nSPS) is 15.1. The minimum atomic E-state index is -0.244. The first-order valence-electron chi connectivity index (χ1n) is 9.40. The van der Waals surface area contributed by atoms with Gasteiger partial charge in [-0.25, -0.2) is 14.4 Å². The van der Waals surface area contributed by atoms with Gasteiger partial charge in [0, 0.05) is 43.4 Å². The molecule has 5 heteroatoms. The number of aromatic nitrogens is 2. The first-order chi connectivity index (χ1) is 13.2. The molecule has 1 fully saturated rings. The van der Waals surface area contributed by atoms with Crippen LogP contribution in [0, 0.1) is 5.82 Å². The first kappa shape index (κ1) is 17.6. The number of benzene rings is 2. The second kappa shape index (κ2) is 7.84.